The summed E-state index contributed by atoms with van der Waals surface area (Å²) in [4.78, 5) is 29.8. The van der Waals surface area contributed by atoms with E-state index in [9.17, 15) is 14.0 Å². The van der Waals surface area contributed by atoms with Gasteiger partial charge in [-0.15, -0.1) is 0 Å². The molecule has 33 heavy (non-hydrogen) atoms. The SMILES string of the molecule is CCCOc1ccc(C2=C(N(C)Cc3ccccc3)C(=O)N(c3cccc(F)c3)C2=O)cc1. The molecule has 1 aliphatic heterocycles. The summed E-state index contributed by atoms with van der Waals surface area (Å²) >= 11 is 0. The number of rotatable bonds is 8. The molecule has 0 radical (unpaired) electrons. The predicted octanol–water partition coefficient (Wildman–Crippen LogP) is 5.03. The van der Waals surface area contributed by atoms with E-state index >= 15 is 0 Å². The predicted molar refractivity (Wildman–Crippen MR) is 126 cm³/mol. The maximum Gasteiger partial charge on any atom is 0.282 e. The van der Waals surface area contributed by atoms with Gasteiger partial charge < -0.3 is 9.64 Å². The Morgan fingerprint density at radius 2 is 1.64 bits per heavy atom. The normalized spacial score (nSPS) is 13.6. The standard InChI is InChI=1S/C27H25FN2O3/c1-3-16-33-23-14-12-20(13-15-23)24-25(29(2)18-19-8-5-4-6-9-19)27(32)30(26(24)31)22-11-7-10-21(28)17-22/h4-15,17H,3,16,18H2,1-2H3. The molecule has 2 amide bonds. The van der Waals surface area contributed by atoms with Crippen molar-refractivity contribution < 1.29 is 18.7 Å². The number of halogens is 1. The summed E-state index contributed by atoms with van der Waals surface area (Å²) in [7, 11) is 1.78. The number of benzene rings is 3. The smallest absolute Gasteiger partial charge is 0.282 e. The molecule has 0 unspecified atom stereocenters. The van der Waals surface area contributed by atoms with Crippen LogP contribution in [0.3, 0.4) is 0 Å². The zero-order chi connectivity index (χ0) is 23.4. The van der Waals surface area contributed by atoms with E-state index in [0.29, 0.717) is 24.5 Å². The second kappa shape index (κ2) is 9.69. The first-order chi connectivity index (χ1) is 16.0. The third-order valence-electron chi connectivity index (χ3n) is 5.39. The lowest BCUT2D eigenvalue weighted by molar-refractivity contribution is -0.120. The molecule has 3 aromatic carbocycles. The van der Waals surface area contributed by atoms with Crippen molar-refractivity contribution in [3.05, 3.63) is 102 Å². The first-order valence-electron chi connectivity index (χ1n) is 10.9. The average molecular weight is 445 g/mol. The molecule has 1 aliphatic rings. The average Bonchev–Trinajstić information content (AvgIpc) is 3.08. The zero-order valence-corrected chi connectivity index (χ0v) is 18.6. The van der Waals surface area contributed by atoms with Crippen molar-refractivity contribution in [2.75, 3.05) is 18.6 Å². The lowest BCUT2D eigenvalue weighted by Gasteiger charge is -2.21. The second-order valence-electron chi connectivity index (χ2n) is 7.86. The number of carbonyl (C=O) groups excluding carboxylic acids is 2. The topological polar surface area (TPSA) is 49.9 Å². The van der Waals surface area contributed by atoms with Gasteiger partial charge in [-0.3, -0.25) is 9.59 Å². The summed E-state index contributed by atoms with van der Waals surface area (Å²) in [6, 6.07) is 22.3. The van der Waals surface area contributed by atoms with Crippen molar-refractivity contribution >= 4 is 23.1 Å². The van der Waals surface area contributed by atoms with Crippen LogP contribution in [0.25, 0.3) is 5.57 Å². The molecule has 0 saturated carbocycles. The van der Waals surface area contributed by atoms with E-state index in [2.05, 4.69) is 0 Å². The molecule has 6 heteroatoms. The van der Waals surface area contributed by atoms with Crippen LogP contribution in [0, 0.1) is 5.82 Å². The monoisotopic (exact) mass is 444 g/mol. The number of amides is 2. The molecule has 0 aromatic heterocycles. The molecule has 5 nitrogen and oxygen atoms in total. The quantitative estimate of drug-likeness (QED) is 0.457. The van der Waals surface area contributed by atoms with Gasteiger partial charge in [0.25, 0.3) is 11.8 Å². The van der Waals surface area contributed by atoms with Crippen LogP contribution in [0.5, 0.6) is 5.75 Å². The Morgan fingerprint density at radius 3 is 2.30 bits per heavy atom. The van der Waals surface area contributed by atoms with Crippen LogP contribution in [0.2, 0.25) is 0 Å². The number of imide groups is 1. The van der Waals surface area contributed by atoms with Crippen molar-refractivity contribution in [1.82, 2.24) is 4.90 Å². The number of carbonyl (C=O) groups is 2. The Balaban J connectivity index is 1.75. The number of anilines is 1. The number of hydrogen-bond acceptors (Lipinski definition) is 4. The van der Waals surface area contributed by atoms with Gasteiger partial charge in [-0.1, -0.05) is 55.5 Å². The molecule has 0 N–H and O–H groups in total. The fraction of sp³-hybridized carbons (Fsp3) is 0.185. The lowest BCUT2D eigenvalue weighted by atomic mass is 10.0. The largest absolute Gasteiger partial charge is 0.494 e. The number of ether oxygens (including phenoxy) is 1. The minimum absolute atomic E-state index is 0.202. The zero-order valence-electron chi connectivity index (χ0n) is 18.6. The van der Waals surface area contributed by atoms with Crippen LogP contribution in [0.1, 0.15) is 24.5 Å². The molecule has 0 saturated heterocycles. The van der Waals surface area contributed by atoms with Crippen molar-refractivity contribution in [2.45, 2.75) is 19.9 Å². The van der Waals surface area contributed by atoms with Gasteiger partial charge in [-0.05, 0) is 47.9 Å². The van der Waals surface area contributed by atoms with Gasteiger partial charge in [0.2, 0.25) is 0 Å². The maximum absolute atomic E-state index is 13.9. The van der Waals surface area contributed by atoms with Crippen LogP contribution in [0.15, 0.2) is 84.6 Å². The van der Waals surface area contributed by atoms with Gasteiger partial charge in [-0.2, -0.15) is 0 Å². The number of nitrogens with zero attached hydrogens (tertiary/aromatic N) is 2. The molecule has 0 bridgehead atoms. The van der Waals surface area contributed by atoms with E-state index in [4.69, 9.17) is 4.74 Å². The molecule has 0 fully saturated rings. The molecule has 3 aromatic rings. The van der Waals surface area contributed by atoms with E-state index in [0.717, 1.165) is 16.9 Å². The van der Waals surface area contributed by atoms with Gasteiger partial charge in [-0.25, -0.2) is 9.29 Å². The third kappa shape index (κ3) is 4.65. The summed E-state index contributed by atoms with van der Waals surface area (Å²) in [5.74, 6) is -0.787. The molecule has 168 valence electrons. The third-order valence-corrected chi connectivity index (χ3v) is 5.39. The van der Waals surface area contributed by atoms with Crippen molar-refractivity contribution in [1.29, 1.82) is 0 Å². The van der Waals surface area contributed by atoms with Gasteiger partial charge >= 0.3 is 0 Å². The highest BCUT2D eigenvalue weighted by molar-refractivity contribution is 6.45. The van der Waals surface area contributed by atoms with E-state index in [-0.39, 0.29) is 17.0 Å². The first kappa shape index (κ1) is 22.3. The fourth-order valence-electron chi connectivity index (χ4n) is 3.86. The van der Waals surface area contributed by atoms with Crippen LogP contribution < -0.4 is 9.64 Å². The summed E-state index contributed by atoms with van der Waals surface area (Å²) in [6.45, 7) is 3.06. The highest BCUT2D eigenvalue weighted by Gasteiger charge is 2.41. The summed E-state index contributed by atoms with van der Waals surface area (Å²) in [5.41, 5.74) is 2.36. The Morgan fingerprint density at radius 1 is 0.909 bits per heavy atom. The van der Waals surface area contributed by atoms with Crippen molar-refractivity contribution in [3.63, 3.8) is 0 Å². The maximum atomic E-state index is 13.9. The highest BCUT2D eigenvalue weighted by atomic mass is 19.1. The van der Waals surface area contributed by atoms with Crippen molar-refractivity contribution in [2.24, 2.45) is 0 Å². The van der Waals surface area contributed by atoms with Crippen LogP contribution >= 0.6 is 0 Å². The van der Waals surface area contributed by atoms with Gasteiger partial charge in [0.05, 0.1) is 17.9 Å². The molecule has 1 heterocycles. The highest BCUT2D eigenvalue weighted by Crippen LogP contribution is 2.35. The second-order valence-corrected chi connectivity index (χ2v) is 7.86. The van der Waals surface area contributed by atoms with Gasteiger partial charge in [0, 0.05) is 13.6 Å². The van der Waals surface area contributed by atoms with Gasteiger partial charge in [0.1, 0.15) is 17.3 Å². The summed E-state index contributed by atoms with van der Waals surface area (Å²) in [5, 5.41) is 0. The number of hydrogen-bond donors (Lipinski definition) is 0. The lowest BCUT2D eigenvalue weighted by Crippen LogP contribution is -2.34. The molecular formula is C27H25FN2O3. The van der Waals surface area contributed by atoms with Crippen LogP contribution in [0.4, 0.5) is 10.1 Å². The molecular weight excluding hydrogens is 419 g/mol. The van der Waals surface area contributed by atoms with E-state index in [1.165, 1.54) is 18.2 Å². The van der Waals surface area contributed by atoms with E-state index in [1.807, 2.05) is 37.3 Å². The first-order valence-corrected chi connectivity index (χ1v) is 10.9. The summed E-state index contributed by atoms with van der Waals surface area (Å²) in [6.07, 6.45) is 0.886. The van der Waals surface area contributed by atoms with Crippen LogP contribution in [-0.4, -0.2) is 30.4 Å². The Labute approximate surface area is 192 Å². The molecule has 0 atom stereocenters. The minimum Gasteiger partial charge on any atom is -0.494 e. The van der Waals surface area contributed by atoms with Gasteiger partial charge in [0.15, 0.2) is 0 Å². The molecule has 0 aliphatic carbocycles. The Kier molecular flexibility index (Phi) is 6.54. The van der Waals surface area contributed by atoms with Crippen LogP contribution in [-0.2, 0) is 16.1 Å². The Hall–Kier alpha value is -3.93. The minimum atomic E-state index is -0.516. The van der Waals surface area contributed by atoms with E-state index < -0.39 is 17.6 Å². The fourth-order valence-corrected chi connectivity index (χ4v) is 3.86. The molecule has 0 spiro atoms. The van der Waals surface area contributed by atoms with Crippen molar-refractivity contribution in [3.8, 4) is 5.75 Å². The number of likely N-dealkylation sites (N-methyl/N-ethyl adjacent to an activating group) is 1. The molecule has 4 rings (SSSR count). The Bertz CT molecular complexity index is 1190. The summed E-state index contributed by atoms with van der Waals surface area (Å²) < 4.78 is 19.5. The van der Waals surface area contributed by atoms with E-state index in [1.54, 1.807) is 42.3 Å².